The van der Waals surface area contributed by atoms with Gasteiger partial charge < -0.3 is 22.8 Å². The highest BCUT2D eigenvalue weighted by Gasteiger charge is 2.36. The molecule has 0 atom stereocenters. The van der Waals surface area contributed by atoms with Gasteiger partial charge in [0.05, 0.1) is 30.3 Å². The van der Waals surface area contributed by atoms with Gasteiger partial charge in [0.1, 0.15) is 5.75 Å². The minimum absolute atomic E-state index is 0.0150. The zero-order valence-corrected chi connectivity index (χ0v) is 14.9. The molecule has 0 aliphatic rings. The van der Waals surface area contributed by atoms with E-state index in [0.717, 1.165) is 0 Å². The summed E-state index contributed by atoms with van der Waals surface area (Å²) in [7, 11) is 3.54. The van der Waals surface area contributed by atoms with Crippen LogP contribution < -0.4 is 4.74 Å². The van der Waals surface area contributed by atoms with E-state index in [2.05, 4.69) is 0 Å². The molecule has 0 saturated heterocycles. The molecule has 130 valence electrons. The van der Waals surface area contributed by atoms with Crippen molar-refractivity contribution < 1.29 is 27.7 Å². The molecule has 0 saturated carbocycles. The second-order valence-corrected chi connectivity index (χ2v) is 7.79. The summed E-state index contributed by atoms with van der Waals surface area (Å²) in [6.45, 7) is 0.579. The van der Waals surface area contributed by atoms with Crippen molar-refractivity contribution in [2.24, 2.45) is 0 Å². The Kier molecular flexibility index (Phi) is 8.13. The zero-order chi connectivity index (χ0) is 17.3. The predicted octanol–water partition coefficient (Wildman–Crippen LogP) is 2.39. The van der Waals surface area contributed by atoms with Crippen molar-refractivity contribution in [1.29, 1.82) is 0 Å². The van der Waals surface area contributed by atoms with E-state index in [9.17, 15) is 10.1 Å². The van der Waals surface area contributed by atoms with Crippen LogP contribution in [0.5, 0.6) is 5.75 Å². The molecular formula is C14H23NO7Si. The first-order valence-electron chi connectivity index (χ1n) is 7.06. The Morgan fingerprint density at radius 2 is 1.78 bits per heavy atom. The summed E-state index contributed by atoms with van der Waals surface area (Å²) in [4.78, 5) is 10.6. The first-order valence-corrected chi connectivity index (χ1v) is 8.99. The van der Waals surface area contributed by atoms with Crippen LogP contribution in [0.25, 0.3) is 0 Å². The van der Waals surface area contributed by atoms with Crippen molar-refractivity contribution in [2.45, 2.75) is 19.1 Å². The number of benzene rings is 1. The van der Waals surface area contributed by atoms with Crippen molar-refractivity contribution >= 4 is 14.5 Å². The van der Waals surface area contributed by atoms with Crippen molar-refractivity contribution in [2.75, 3.05) is 35.0 Å². The van der Waals surface area contributed by atoms with Crippen molar-refractivity contribution in [3.8, 4) is 5.75 Å². The highest BCUT2D eigenvalue weighted by atomic mass is 28.4. The molecule has 0 unspecified atom stereocenters. The third-order valence-corrected chi connectivity index (χ3v) is 6.28. The molecule has 1 aromatic rings. The Labute approximate surface area is 136 Å². The summed E-state index contributed by atoms with van der Waals surface area (Å²) in [5.41, 5.74) is 0.489. The van der Waals surface area contributed by atoms with Gasteiger partial charge in [-0.2, -0.15) is 0 Å². The molecule has 0 fully saturated rings. The average Bonchev–Trinajstić information content (AvgIpc) is 2.58. The Morgan fingerprint density at radius 3 is 2.30 bits per heavy atom. The van der Waals surface area contributed by atoms with Crippen LogP contribution in [-0.4, -0.2) is 48.8 Å². The Bertz CT molecular complexity index is 500. The number of hydrogen-bond donors (Lipinski definition) is 0. The van der Waals surface area contributed by atoms with Gasteiger partial charge in [-0.05, 0) is 18.6 Å². The van der Waals surface area contributed by atoms with Crippen LogP contribution >= 0.6 is 0 Å². The van der Waals surface area contributed by atoms with E-state index in [4.69, 9.17) is 22.8 Å². The first kappa shape index (κ1) is 19.5. The van der Waals surface area contributed by atoms with Crippen LogP contribution in [0.2, 0.25) is 6.04 Å². The molecular weight excluding hydrogens is 322 g/mol. The molecule has 0 bridgehead atoms. The normalized spacial score (nSPS) is 11.5. The minimum Gasteiger partial charge on any atom is -0.497 e. The average molecular weight is 345 g/mol. The molecule has 0 amide bonds. The smallest absolute Gasteiger partial charge is 0.497 e. The van der Waals surface area contributed by atoms with E-state index in [-0.39, 0.29) is 12.3 Å². The number of nitro benzene ring substituents is 1. The lowest BCUT2D eigenvalue weighted by Gasteiger charge is -2.24. The highest BCUT2D eigenvalue weighted by Crippen LogP contribution is 2.25. The van der Waals surface area contributed by atoms with Crippen LogP contribution in [0.4, 0.5) is 5.69 Å². The Hall–Kier alpha value is -1.52. The van der Waals surface area contributed by atoms with Crippen LogP contribution in [0, 0.1) is 10.1 Å². The summed E-state index contributed by atoms with van der Waals surface area (Å²) < 4.78 is 26.5. The maximum absolute atomic E-state index is 11.1. The third kappa shape index (κ3) is 5.55. The fraction of sp³-hybridized carbons (Fsp3) is 0.571. The molecule has 0 N–H and O–H groups in total. The van der Waals surface area contributed by atoms with Crippen molar-refractivity contribution in [1.82, 2.24) is 0 Å². The van der Waals surface area contributed by atoms with E-state index in [1.165, 1.54) is 13.2 Å². The van der Waals surface area contributed by atoms with Gasteiger partial charge in [-0.25, -0.2) is 0 Å². The largest absolute Gasteiger partial charge is 0.500 e. The lowest BCUT2D eigenvalue weighted by Crippen LogP contribution is -2.42. The van der Waals surface area contributed by atoms with E-state index in [0.29, 0.717) is 30.4 Å². The molecule has 0 radical (unpaired) electrons. The van der Waals surface area contributed by atoms with Gasteiger partial charge >= 0.3 is 8.80 Å². The van der Waals surface area contributed by atoms with E-state index >= 15 is 0 Å². The van der Waals surface area contributed by atoms with Gasteiger partial charge in [0.15, 0.2) is 0 Å². The molecule has 23 heavy (non-hydrogen) atoms. The van der Waals surface area contributed by atoms with Gasteiger partial charge in [-0.15, -0.1) is 0 Å². The first-order chi connectivity index (χ1) is 11.0. The number of nitrogens with zero attached hydrogens (tertiary/aromatic N) is 1. The SMILES string of the molecule is COc1ccc(COCCC[Si](OC)(OC)OC)c([N+](=O)[O-])c1. The maximum atomic E-state index is 11.1. The van der Waals surface area contributed by atoms with E-state index < -0.39 is 13.7 Å². The molecule has 0 aliphatic heterocycles. The van der Waals surface area contributed by atoms with E-state index in [1.807, 2.05) is 0 Å². The molecule has 0 spiro atoms. The summed E-state index contributed by atoms with van der Waals surface area (Å²) in [6, 6.07) is 5.30. The van der Waals surface area contributed by atoms with Gasteiger partial charge in [-0.1, -0.05) is 0 Å². The van der Waals surface area contributed by atoms with Crippen molar-refractivity contribution in [3.05, 3.63) is 33.9 Å². The second kappa shape index (κ2) is 9.58. The van der Waals surface area contributed by atoms with Crippen LogP contribution in [0.3, 0.4) is 0 Å². The van der Waals surface area contributed by atoms with Crippen molar-refractivity contribution in [3.63, 3.8) is 0 Å². The molecule has 9 heteroatoms. The number of methoxy groups -OCH3 is 1. The maximum Gasteiger partial charge on any atom is 0.500 e. The molecule has 0 aliphatic carbocycles. The summed E-state index contributed by atoms with van der Waals surface area (Å²) >= 11 is 0. The standard InChI is InChI=1S/C14H23NO7Si/c1-18-13-7-6-12(14(10-13)15(16)17)11-22-8-5-9-23(19-2,20-3)21-4/h6-7,10H,5,8-9,11H2,1-4H3. The van der Waals surface area contributed by atoms with Crippen LogP contribution in [0.15, 0.2) is 18.2 Å². The zero-order valence-electron chi connectivity index (χ0n) is 13.9. The minimum atomic E-state index is -2.59. The fourth-order valence-corrected chi connectivity index (χ4v) is 3.78. The predicted molar refractivity (Wildman–Crippen MR) is 85.5 cm³/mol. The van der Waals surface area contributed by atoms with Gasteiger partial charge in [0.2, 0.25) is 0 Å². The topological polar surface area (TPSA) is 89.3 Å². The van der Waals surface area contributed by atoms with E-state index in [1.54, 1.807) is 33.5 Å². The van der Waals surface area contributed by atoms with Gasteiger partial charge in [-0.3, -0.25) is 10.1 Å². The van der Waals surface area contributed by atoms with Gasteiger partial charge in [0.25, 0.3) is 5.69 Å². The lowest BCUT2D eigenvalue weighted by molar-refractivity contribution is -0.386. The molecule has 0 heterocycles. The Balaban J connectivity index is 2.52. The van der Waals surface area contributed by atoms with Crippen LogP contribution in [0.1, 0.15) is 12.0 Å². The van der Waals surface area contributed by atoms with Gasteiger partial charge in [0, 0.05) is 34.0 Å². The number of nitro groups is 1. The summed E-state index contributed by atoms with van der Waals surface area (Å²) in [6.07, 6.45) is 0.672. The second-order valence-electron chi connectivity index (χ2n) is 4.70. The molecule has 8 nitrogen and oxygen atoms in total. The third-order valence-electron chi connectivity index (χ3n) is 3.45. The quantitative estimate of drug-likeness (QED) is 0.263. The number of hydrogen-bond acceptors (Lipinski definition) is 7. The highest BCUT2D eigenvalue weighted by molar-refractivity contribution is 6.60. The molecule has 1 aromatic carbocycles. The summed E-state index contributed by atoms with van der Waals surface area (Å²) in [5.74, 6) is 0.441. The lowest BCUT2D eigenvalue weighted by atomic mass is 10.2. The summed E-state index contributed by atoms with van der Waals surface area (Å²) in [5, 5.41) is 11.1. The number of rotatable bonds is 11. The Morgan fingerprint density at radius 1 is 1.13 bits per heavy atom. The number of ether oxygens (including phenoxy) is 2. The fourth-order valence-electron chi connectivity index (χ4n) is 2.09. The van der Waals surface area contributed by atoms with Crippen LogP contribution in [-0.2, 0) is 24.6 Å². The molecule has 0 aromatic heterocycles. The molecule has 1 rings (SSSR count). The monoisotopic (exact) mass is 345 g/mol.